The summed E-state index contributed by atoms with van der Waals surface area (Å²) in [5, 5.41) is 18.0. The molecule has 3 aromatic rings. The van der Waals surface area contributed by atoms with Crippen molar-refractivity contribution in [2.45, 2.75) is 63.2 Å². The van der Waals surface area contributed by atoms with E-state index in [0.29, 0.717) is 31.0 Å². The van der Waals surface area contributed by atoms with Gasteiger partial charge >= 0.3 is 0 Å². The molecule has 1 saturated heterocycles. The zero-order chi connectivity index (χ0) is 27.2. The molecule has 8 nitrogen and oxygen atoms in total. The molecule has 2 N–H and O–H groups in total. The van der Waals surface area contributed by atoms with Crippen molar-refractivity contribution in [2.24, 2.45) is 5.92 Å². The van der Waals surface area contributed by atoms with Gasteiger partial charge in [-0.1, -0.05) is 35.9 Å². The van der Waals surface area contributed by atoms with E-state index < -0.39 is 13.9 Å². The summed E-state index contributed by atoms with van der Waals surface area (Å²) >= 11 is 8.74. The third-order valence-electron chi connectivity index (χ3n) is 7.80. The first-order valence-corrected chi connectivity index (χ1v) is 17.3. The average Bonchev–Trinajstić information content (AvgIpc) is 3.50. The van der Waals surface area contributed by atoms with Crippen LogP contribution in [0.4, 0.5) is 5.69 Å². The number of aliphatic hydroxyl groups excluding tert-OH is 1. The maximum Gasteiger partial charge on any atom is 0.264 e. The van der Waals surface area contributed by atoms with Crippen molar-refractivity contribution < 1.29 is 19.4 Å². The number of fused-ring (bicyclic) bond motifs is 2. The molecular formula is C27H32ClIN4O4Si. The van der Waals surface area contributed by atoms with Crippen LogP contribution in [0.15, 0.2) is 48.7 Å². The second kappa shape index (κ2) is 10.6. The molecule has 4 atom stereocenters. The van der Waals surface area contributed by atoms with Gasteiger partial charge in [0.15, 0.2) is 13.9 Å². The van der Waals surface area contributed by atoms with Gasteiger partial charge in [-0.2, -0.15) is 0 Å². The Balaban J connectivity index is 1.50. The van der Waals surface area contributed by atoms with Gasteiger partial charge in [-0.15, -0.1) is 5.10 Å². The van der Waals surface area contributed by atoms with Gasteiger partial charge in [-0.25, -0.2) is 0 Å². The van der Waals surface area contributed by atoms with E-state index in [9.17, 15) is 14.7 Å². The van der Waals surface area contributed by atoms with Crippen LogP contribution in [0.3, 0.4) is 0 Å². The summed E-state index contributed by atoms with van der Waals surface area (Å²) in [6, 6.07) is 13.7. The van der Waals surface area contributed by atoms with Gasteiger partial charge < -0.3 is 19.5 Å². The quantitative estimate of drug-likeness (QED) is 0.271. The van der Waals surface area contributed by atoms with Crippen LogP contribution in [0.5, 0.6) is 0 Å². The van der Waals surface area contributed by atoms with Crippen LogP contribution in [-0.4, -0.2) is 51.8 Å². The lowest BCUT2D eigenvalue weighted by Crippen LogP contribution is -2.46. The topological polar surface area (TPSA) is 101 Å². The van der Waals surface area contributed by atoms with E-state index in [1.54, 1.807) is 9.58 Å². The fourth-order valence-corrected chi connectivity index (χ4v) is 9.32. The Bertz CT molecular complexity index is 1330. The highest BCUT2D eigenvalue weighted by molar-refractivity contribution is 14.1. The third-order valence-corrected chi connectivity index (χ3v) is 11.3. The molecule has 11 heteroatoms. The van der Waals surface area contributed by atoms with Crippen molar-refractivity contribution in [3.8, 4) is 0 Å². The van der Waals surface area contributed by atoms with Crippen molar-refractivity contribution >= 4 is 54.1 Å². The Kier molecular flexibility index (Phi) is 7.75. The molecule has 1 spiro atoms. The molecule has 0 aliphatic carbocycles. The minimum atomic E-state index is -2.76. The van der Waals surface area contributed by atoms with Gasteiger partial charge in [-0.05, 0) is 78.0 Å². The van der Waals surface area contributed by atoms with Gasteiger partial charge in [0, 0.05) is 51.4 Å². The first-order chi connectivity index (χ1) is 18.0. The minimum Gasteiger partial charge on any atom is -0.432 e. The van der Waals surface area contributed by atoms with E-state index in [2.05, 4.69) is 32.9 Å². The third kappa shape index (κ3) is 4.95. The molecule has 2 aromatic carbocycles. The molecule has 1 fully saturated rings. The number of nitrogens with zero attached hydrogens (tertiary/aromatic N) is 4. The van der Waals surface area contributed by atoms with Crippen LogP contribution >= 0.6 is 34.2 Å². The highest BCUT2D eigenvalue weighted by atomic mass is 127. The molecule has 1 aromatic heterocycles. The second-order valence-corrected chi connectivity index (χ2v) is 16.4. The van der Waals surface area contributed by atoms with E-state index in [1.807, 2.05) is 68.7 Å². The van der Waals surface area contributed by atoms with Gasteiger partial charge in [0.1, 0.15) is 0 Å². The molecule has 2 aliphatic rings. The van der Waals surface area contributed by atoms with Gasteiger partial charge in [0.2, 0.25) is 0 Å². The lowest BCUT2D eigenvalue weighted by molar-refractivity contribution is -0.146. The molecule has 5 rings (SSSR count). The first kappa shape index (κ1) is 27.7. The SMILES string of the molecule is C[C@H]1[C@H]([Si](C)(C)O)[C@@H](CCn2cc(CCO)nn2)O[C@]12C(=O)N(Cc1ccc(I)cc1)c1ccc(Cl)cc12. The number of rotatable bonds is 8. The van der Waals surface area contributed by atoms with Crippen LogP contribution < -0.4 is 4.90 Å². The summed E-state index contributed by atoms with van der Waals surface area (Å²) in [4.78, 5) is 27.6. The summed E-state index contributed by atoms with van der Waals surface area (Å²) in [6.45, 7) is 6.82. The molecule has 1 amide bonds. The number of hydrogen-bond donors (Lipinski definition) is 2. The maximum atomic E-state index is 14.4. The number of aliphatic hydroxyl groups is 1. The monoisotopic (exact) mass is 666 g/mol. The number of hydrogen-bond acceptors (Lipinski definition) is 6. The Hall–Kier alpha value is -1.83. The van der Waals surface area contributed by atoms with Crippen molar-refractivity contribution in [1.82, 2.24) is 15.0 Å². The van der Waals surface area contributed by atoms with E-state index in [-0.39, 0.29) is 30.1 Å². The Morgan fingerprint density at radius 3 is 2.63 bits per heavy atom. The predicted molar refractivity (Wildman–Crippen MR) is 156 cm³/mol. The molecule has 2 aliphatic heterocycles. The predicted octanol–water partition coefficient (Wildman–Crippen LogP) is 4.51. The van der Waals surface area contributed by atoms with Crippen LogP contribution in [-0.2, 0) is 34.6 Å². The molecule has 0 unspecified atom stereocenters. The molecule has 3 heterocycles. The number of halogens is 2. The molecule has 0 radical (unpaired) electrons. The number of aryl methyl sites for hydroxylation is 1. The van der Waals surface area contributed by atoms with E-state index >= 15 is 0 Å². The van der Waals surface area contributed by atoms with Crippen LogP contribution in [0.1, 0.15) is 30.2 Å². The molecule has 202 valence electrons. The number of carbonyl (C=O) groups is 1. The molecule has 38 heavy (non-hydrogen) atoms. The van der Waals surface area contributed by atoms with Gasteiger partial charge in [-0.3, -0.25) is 9.48 Å². The summed E-state index contributed by atoms with van der Waals surface area (Å²) in [6.07, 6.45) is 2.48. The summed E-state index contributed by atoms with van der Waals surface area (Å²) in [7, 11) is -2.76. The fraction of sp³-hybridized carbons (Fsp3) is 0.444. The number of carbonyl (C=O) groups excluding carboxylic acids is 1. The molecule has 0 saturated carbocycles. The maximum absolute atomic E-state index is 14.4. The average molecular weight is 667 g/mol. The number of ether oxygens (including phenoxy) is 1. The largest absolute Gasteiger partial charge is 0.432 e. The second-order valence-electron chi connectivity index (χ2n) is 10.8. The zero-order valence-electron chi connectivity index (χ0n) is 21.6. The smallest absolute Gasteiger partial charge is 0.264 e. The standard InChI is InChI=1S/C27H32ClIN4O4Si/c1-17-25(38(2,3)36)24(10-12-32-16-21(11-13-34)30-31-32)37-27(17)22-14-19(28)6-9-23(22)33(26(27)35)15-18-4-7-20(29)8-5-18/h4-9,14,16-17,24-25,34,36H,10-13,15H2,1-3H3/t17-,24+,25-,27+/m0/s1. The number of aromatic nitrogens is 3. The minimum absolute atomic E-state index is 0.0135. The number of anilines is 1. The lowest BCUT2D eigenvalue weighted by atomic mass is 9.82. The zero-order valence-corrected chi connectivity index (χ0v) is 25.6. The summed E-state index contributed by atoms with van der Waals surface area (Å²) < 4.78 is 9.71. The molecular weight excluding hydrogens is 635 g/mol. The summed E-state index contributed by atoms with van der Waals surface area (Å²) in [5.74, 6) is -0.371. The molecule has 0 bridgehead atoms. The van der Waals surface area contributed by atoms with Crippen molar-refractivity contribution in [2.75, 3.05) is 11.5 Å². The van der Waals surface area contributed by atoms with E-state index in [1.165, 1.54) is 0 Å². The Morgan fingerprint density at radius 1 is 1.21 bits per heavy atom. The summed E-state index contributed by atoms with van der Waals surface area (Å²) in [5.41, 5.74) is 1.90. The van der Waals surface area contributed by atoms with Crippen LogP contribution in [0, 0.1) is 9.49 Å². The van der Waals surface area contributed by atoms with Crippen molar-refractivity contribution in [3.05, 3.63) is 74.1 Å². The van der Waals surface area contributed by atoms with Crippen molar-refractivity contribution in [1.29, 1.82) is 0 Å². The lowest BCUT2D eigenvalue weighted by Gasteiger charge is -2.32. The van der Waals surface area contributed by atoms with Gasteiger partial charge in [0.25, 0.3) is 5.91 Å². The first-order valence-electron chi connectivity index (χ1n) is 12.8. The Labute approximate surface area is 242 Å². The van der Waals surface area contributed by atoms with Crippen molar-refractivity contribution in [3.63, 3.8) is 0 Å². The fourth-order valence-electron chi connectivity index (χ4n) is 6.19. The number of amides is 1. The number of benzene rings is 2. The van der Waals surface area contributed by atoms with Crippen LogP contribution in [0.25, 0.3) is 0 Å². The highest BCUT2D eigenvalue weighted by Crippen LogP contribution is 2.60. The highest BCUT2D eigenvalue weighted by Gasteiger charge is 2.66. The van der Waals surface area contributed by atoms with Crippen LogP contribution in [0.2, 0.25) is 23.7 Å². The van der Waals surface area contributed by atoms with E-state index in [0.717, 1.165) is 26.1 Å². The normalized spacial score (nSPS) is 25.0. The van der Waals surface area contributed by atoms with Gasteiger partial charge in [0.05, 0.1) is 24.0 Å². The Morgan fingerprint density at radius 2 is 1.95 bits per heavy atom. The van der Waals surface area contributed by atoms with E-state index in [4.69, 9.17) is 16.3 Å².